The summed E-state index contributed by atoms with van der Waals surface area (Å²) in [5, 5.41) is 0. The summed E-state index contributed by atoms with van der Waals surface area (Å²) in [7, 11) is 2.50. The monoisotopic (exact) mass is 286 g/mol. The molecule has 0 heterocycles. The molecular formula is C14H16F2O4. The van der Waals surface area contributed by atoms with Gasteiger partial charge in [0.05, 0.1) is 19.8 Å². The molecule has 0 radical (unpaired) electrons. The van der Waals surface area contributed by atoms with Crippen LogP contribution >= 0.6 is 0 Å². The smallest absolute Gasteiger partial charge is 0.305 e. The van der Waals surface area contributed by atoms with E-state index in [9.17, 15) is 18.4 Å². The number of ketones is 1. The Labute approximate surface area is 115 Å². The van der Waals surface area contributed by atoms with Gasteiger partial charge >= 0.3 is 5.97 Å². The van der Waals surface area contributed by atoms with E-state index in [1.807, 2.05) is 0 Å². The molecule has 4 nitrogen and oxygen atoms in total. The molecule has 0 saturated carbocycles. The van der Waals surface area contributed by atoms with Gasteiger partial charge in [-0.15, -0.1) is 0 Å². The maximum atomic E-state index is 13.6. The summed E-state index contributed by atoms with van der Waals surface area (Å²) >= 11 is 0. The fourth-order valence-electron chi connectivity index (χ4n) is 1.69. The van der Waals surface area contributed by atoms with Gasteiger partial charge in [-0.3, -0.25) is 9.59 Å². The zero-order chi connectivity index (χ0) is 15.1. The highest BCUT2D eigenvalue weighted by atomic mass is 19.1. The molecule has 110 valence electrons. The molecule has 0 aromatic heterocycles. The zero-order valence-corrected chi connectivity index (χ0v) is 11.4. The Hall–Kier alpha value is -1.98. The molecule has 1 rings (SSSR count). The van der Waals surface area contributed by atoms with Gasteiger partial charge in [-0.25, -0.2) is 8.78 Å². The highest BCUT2D eigenvalue weighted by Gasteiger charge is 2.16. The van der Waals surface area contributed by atoms with Crippen LogP contribution in [0.2, 0.25) is 0 Å². The standard InChI is InChI=1S/C14H16F2O4/c1-19-13-8-10(15)9(7-11(13)16)12(17)5-3-4-6-14(18)20-2/h7-8H,3-6H2,1-2H3. The van der Waals surface area contributed by atoms with Crippen LogP contribution < -0.4 is 4.74 Å². The first-order valence-electron chi connectivity index (χ1n) is 6.12. The lowest BCUT2D eigenvalue weighted by molar-refractivity contribution is -0.140. The molecule has 0 bridgehead atoms. The lowest BCUT2D eigenvalue weighted by Crippen LogP contribution is -2.05. The number of rotatable bonds is 7. The molecular weight excluding hydrogens is 270 g/mol. The Bertz CT molecular complexity index is 500. The first-order valence-corrected chi connectivity index (χ1v) is 6.12. The Balaban J connectivity index is 2.60. The number of benzene rings is 1. The molecule has 0 aliphatic rings. The second-order valence-electron chi connectivity index (χ2n) is 4.17. The number of carbonyl (C=O) groups excluding carboxylic acids is 2. The largest absolute Gasteiger partial charge is 0.494 e. The van der Waals surface area contributed by atoms with E-state index in [4.69, 9.17) is 0 Å². The number of halogens is 2. The van der Waals surface area contributed by atoms with Crippen LogP contribution in [0.5, 0.6) is 5.75 Å². The van der Waals surface area contributed by atoms with Gasteiger partial charge in [-0.2, -0.15) is 0 Å². The van der Waals surface area contributed by atoms with Gasteiger partial charge in [0.15, 0.2) is 17.3 Å². The van der Waals surface area contributed by atoms with Gasteiger partial charge in [0.2, 0.25) is 0 Å². The Morgan fingerprint density at radius 1 is 1.05 bits per heavy atom. The molecule has 1 aromatic rings. The van der Waals surface area contributed by atoms with Crippen LogP contribution in [0.15, 0.2) is 12.1 Å². The summed E-state index contributed by atoms with van der Waals surface area (Å²) in [6, 6.07) is 1.67. The lowest BCUT2D eigenvalue weighted by Gasteiger charge is -2.06. The molecule has 0 spiro atoms. The number of methoxy groups -OCH3 is 2. The van der Waals surface area contributed by atoms with E-state index < -0.39 is 17.4 Å². The third-order valence-corrected chi connectivity index (χ3v) is 2.80. The number of ether oxygens (including phenoxy) is 2. The van der Waals surface area contributed by atoms with E-state index in [1.54, 1.807) is 0 Å². The van der Waals surface area contributed by atoms with Gasteiger partial charge in [0.25, 0.3) is 0 Å². The molecule has 0 aliphatic carbocycles. The predicted octanol–water partition coefficient (Wildman–Crippen LogP) is 2.89. The average molecular weight is 286 g/mol. The Morgan fingerprint density at radius 2 is 1.70 bits per heavy atom. The van der Waals surface area contributed by atoms with Crippen LogP contribution in [0.1, 0.15) is 36.0 Å². The number of esters is 1. The maximum absolute atomic E-state index is 13.6. The van der Waals surface area contributed by atoms with Crippen LogP contribution in [0.3, 0.4) is 0 Å². The summed E-state index contributed by atoms with van der Waals surface area (Å²) in [4.78, 5) is 22.6. The summed E-state index contributed by atoms with van der Waals surface area (Å²) < 4.78 is 36.1. The molecule has 0 amide bonds. The minimum Gasteiger partial charge on any atom is -0.494 e. The van der Waals surface area contributed by atoms with Crippen molar-refractivity contribution in [3.8, 4) is 5.75 Å². The second-order valence-corrected chi connectivity index (χ2v) is 4.17. The number of carbonyl (C=O) groups is 2. The van der Waals surface area contributed by atoms with Gasteiger partial charge in [0.1, 0.15) is 5.82 Å². The summed E-state index contributed by atoms with van der Waals surface area (Å²) in [6.07, 6.45) is 1.10. The van der Waals surface area contributed by atoms with Gasteiger partial charge in [-0.05, 0) is 18.9 Å². The zero-order valence-electron chi connectivity index (χ0n) is 11.4. The fraction of sp³-hybridized carbons (Fsp3) is 0.429. The van der Waals surface area contributed by atoms with Crippen LogP contribution in [-0.4, -0.2) is 26.0 Å². The summed E-state index contributed by atoms with van der Waals surface area (Å²) in [5.41, 5.74) is -0.304. The first-order chi connectivity index (χ1) is 9.49. The van der Waals surface area contributed by atoms with Crippen LogP contribution in [0.25, 0.3) is 0 Å². The second kappa shape index (κ2) is 7.57. The number of unbranched alkanes of at least 4 members (excludes halogenated alkanes) is 1. The van der Waals surface area contributed by atoms with Crippen molar-refractivity contribution in [1.82, 2.24) is 0 Å². The average Bonchev–Trinajstić information content (AvgIpc) is 2.44. The van der Waals surface area contributed by atoms with Crippen molar-refractivity contribution in [2.75, 3.05) is 14.2 Å². The van der Waals surface area contributed by atoms with Gasteiger partial charge in [-0.1, -0.05) is 0 Å². The summed E-state index contributed by atoms with van der Waals surface area (Å²) in [6.45, 7) is 0. The molecule has 1 aromatic carbocycles. The van der Waals surface area contributed by atoms with Crippen LogP contribution in [0, 0.1) is 11.6 Å². The maximum Gasteiger partial charge on any atom is 0.305 e. The van der Waals surface area contributed by atoms with Crippen molar-refractivity contribution in [2.24, 2.45) is 0 Å². The molecule has 20 heavy (non-hydrogen) atoms. The molecule has 0 N–H and O–H groups in total. The van der Waals surface area contributed by atoms with E-state index in [0.29, 0.717) is 12.8 Å². The van der Waals surface area contributed by atoms with E-state index in [0.717, 1.165) is 12.1 Å². The highest BCUT2D eigenvalue weighted by Crippen LogP contribution is 2.22. The molecule has 0 saturated heterocycles. The van der Waals surface area contributed by atoms with E-state index in [2.05, 4.69) is 9.47 Å². The first kappa shape index (κ1) is 16.1. The quantitative estimate of drug-likeness (QED) is 0.439. The topological polar surface area (TPSA) is 52.6 Å². The molecule has 0 atom stereocenters. The van der Waals surface area contributed by atoms with Crippen molar-refractivity contribution in [1.29, 1.82) is 0 Å². The van der Waals surface area contributed by atoms with E-state index in [1.165, 1.54) is 14.2 Å². The Kier molecular flexibility index (Phi) is 6.09. The highest BCUT2D eigenvalue weighted by molar-refractivity contribution is 5.96. The van der Waals surface area contributed by atoms with E-state index in [-0.39, 0.29) is 30.1 Å². The third-order valence-electron chi connectivity index (χ3n) is 2.80. The van der Waals surface area contributed by atoms with Crippen molar-refractivity contribution < 1.29 is 27.8 Å². The van der Waals surface area contributed by atoms with Crippen LogP contribution in [0.4, 0.5) is 8.78 Å². The number of hydrogen-bond donors (Lipinski definition) is 0. The van der Waals surface area contributed by atoms with Crippen molar-refractivity contribution in [3.63, 3.8) is 0 Å². The normalized spacial score (nSPS) is 10.2. The minimum atomic E-state index is -0.818. The lowest BCUT2D eigenvalue weighted by atomic mass is 10.0. The number of Topliss-reactive ketones (excluding diaryl/α,β-unsaturated/α-hetero) is 1. The van der Waals surface area contributed by atoms with Gasteiger partial charge in [0, 0.05) is 18.9 Å². The molecule has 0 aliphatic heterocycles. The van der Waals surface area contributed by atoms with Crippen LogP contribution in [-0.2, 0) is 9.53 Å². The minimum absolute atomic E-state index is 0.0414. The fourth-order valence-corrected chi connectivity index (χ4v) is 1.69. The third kappa shape index (κ3) is 4.29. The van der Waals surface area contributed by atoms with Crippen molar-refractivity contribution in [3.05, 3.63) is 29.3 Å². The van der Waals surface area contributed by atoms with Crippen molar-refractivity contribution in [2.45, 2.75) is 25.7 Å². The molecule has 6 heteroatoms. The van der Waals surface area contributed by atoms with E-state index >= 15 is 0 Å². The predicted molar refractivity (Wildman–Crippen MR) is 67.7 cm³/mol. The van der Waals surface area contributed by atoms with Crippen molar-refractivity contribution >= 4 is 11.8 Å². The van der Waals surface area contributed by atoms with Gasteiger partial charge < -0.3 is 9.47 Å². The SMILES string of the molecule is COC(=O)CCCCC(=O)c1cc(F)c(OC)cc1F. The molecule has 0 unspecified atom stereocenters. The number of hydrogen-bond acceptors (Lipinski definition) is 4. The summed E-state index contributed by atoms with van der Waals surface area (Å²) in [5.74, 6) is -2.72. The molecule has 0 fully saturated rings. The Morgan fingerprint density at radius 3 is 2.30 bits per heavy atom.